The van der Waals surface area contributed by atoms with Crippen molar-refractivity contribution in [1.29, 1.82) is 16.2 Å². The Morgan fingerprint density at radius 3 is 1.97 bits per heavy atom. The van der Waals surface area contributed by atoms with Gasteiger partial charge in [0.2, 0.25) is 53.2 Å². The maximum atomic E-state index is 14.9. The van der Waals surface area contributed by atoms with Crippen molar-refractivity contribution in [3.8, 4) is 0 Å². The van der Waals surface area contributed by atoms with Gasteiger partial charge in [0.25, 0.3) is 0 Å². The van der Waals surface area contributed by atoms with E-state index in [1.54, 1.807) is 48.7 Å². The number of nitrogens with one attached hydrogen (secondary N) is 11. The minimum Gasteiger partial charge on any atom is -0.480 e. The fourth-order valence-corrected chi connectivity index (χ4v) is 13.1. The van der Waals surface area contributed by atoms with Crippen LogP contribution in [-0.4, -0.2) is 225 Å². The van der Waals surface area contributed by atoms with Gasteiger partial charge in [-0.1, -0.05) is 43.2 Å². The maximum Gasteiger partial charge on any atom is 0.326 e. The number of fused-ring (bicyclic) bond motifs is 1. The van der Waals surface area contributed by atoms with E-state index in [1.165, 1.54) is 26.0 Å². The SMILES string of the molecule is Cc1ccccc1CN(CC(=O)N1[C@H](C(=O)N[C@@H](CCCNC(=N)N)C(=O)O)C[C@@H]2CCCC[C@@H]21)C(=O)[C@H](CO)NC(=O)[C@H](Cc1cccs1)NC(=O)CNC(=O)C1C[C@@H](O)CN1C(=O)[C@@H]1CCCN1C(=O)[C@H](CCCNC(=N)N)NC(=O)[C@H](N)CCCNC(=N)N. The van der Waals surface area contributed by atoms with Crippen LogP contribution in [0.2, 0.25) is 0 Å². The normalized spacial score (nSPS) is 20.8. The van der Waals surface area contributed by atoms with Crippen molar-refractivity contribution in [2.75, 3.05) is 52.4 Å². The largest absolute Gasteiger partial charge is 0.480 e. The van der Waals surface area contributed by atoms with Crippen molar-refractivity contribution in [3.63, 3.8) is 0 Å². The summed E-state index contributed by atoms with van der Waals surface area (Å²) in [6.45, 7) is -0.176. The fraction of sp³-hybridized carbons (Fsp3) is 0.610. The molecule has 506 valence electrons. The lowest BCUT2D eigenvalue weighted by Crippen LogP contribution is -2.59. The van der Waals surface area contributed by atoms with E-state index in [4.69, 9.17) is 39.2 Å². The highest BCUT2D eigenvalue weighted by atomic mass is 32.1. The average molecular weight is 1310 g/mol. The van der Waals surface area contributed by atoms with Crippen molar-refractivity contribution < 1.29 is 63.3 Å². The highest BCUT2D eigenvalue weighted by Crippen LogP contribution is 2.40. The summed E-state index contributed by atoms with van der Waals surface area (Å²) >= 11 is 1.26. The number of carboxylic acids is 1. The van der Waals surface area contributed by atoms with Gasteiger partial charge in [-0.25, -0.2) is 4.79 Å². The zero-order chi connectivity index (χ0) is 67.2. The molecule has 22 N–H and O–H groups in total. The minimum atomic E-state index is -1.69. The number of hydrogen-bond acceptors (Lipinski definition) is 17. The molecule has 0 bridgehead atoms. The fourth-order valence-electron chi connectivity index (χ4n) is 12.3. The van der Waals surface area contributed by atoms with Gasteiger partial charge in [-0.3, -0.25) is 59.4 Å². The van der Waals surface area contributed by atoms with Crippen LogP contribution in [0.3, 0.4) is 0 Å². The van der Waals surface area contributed by atoms with E-state index in [2.05, 4.69) is 42.5 Å². The van der Waals surface area contributed by atoms with Gasteiger partial charge >= 0.3 is 5.97 Å². The second kappa shape index (κ2) is 35.2. The number of amides is 9. The Balaban J connectivity index is 1.13. The summed E-state index contributed by atoms with van der Waals surface area (Å²) in [6.07, 6.45) is 3.37. The smallest absolute Gasteiger partial charge is 0.326 e. The molecule has 3 saturated heterocycles. The summed E-state index contributed by atoms with van der Waals surface area (Å²) in [6, 6.07) is -0.0000198. The molecule has 1 unspecified atom stereocenters. The van der Waals surface area contributed by atoms with E-state index >= 15 is 0 Å². The molecular weight excluding hydrogens is 1210 g/mol. The lowest BCUT2D eigenvalue weighted by molar-refractivity contribution is -0.148. The quantitative estimate of drug-likeness (QED) is 0.0184. The number of aliphatic hydroxyl groups excluding tert-OH is 2. The molecule has 11 atom stereocenters. The first-order valence-electron chi connectivity index (χ1n) is 31.1. The van der Waals surface area contributed by atoms with Crippen molar-refractivity contribution in [3.05, 3.63) is 57.8 Å². The van der Waals surface area contributed by atoms with E-state index < -0.39 is 139 Å². The Morgan fingerprint density at radius 1 is 0.696 bits per heavy atom. The van der Waals surface area contributed by atoms with Crippen LogP contribution in [0.1, 0.15) is 106 Å². The number of thiophene rings is 1. The number of guanidine groups is 3. The third-order valence-electron chi connectivity index (χ3n) is 17.0. The number of aryl methyl sites for hydroxylation is 1. The number of β-amino-alcohol motifs (C(OH)–C–C–N with tert-alkyl or cyclic N) is 1. The molecule has 0 radical (unpaired) electrons. The molecule has 1 aromatic carbocycles. The molecule has 6 rings (SSSR count). The molecule has 32 nitrogen and oxygen atoms in total. The summed E-state index contributed by atoms with van der Waals surface area (Å²) < 4.78 is 0. The highest BCUT2D eigenvalue weighted by Gasteiger charge is 2.49. The maximum absolute atomic E-state index is 14.9. The Hall–Kier alpha value is -8.69. The minimum absolute atomic E-state index is 0.000274. The standard InChI is InChI=1S/C59H91N19O13S/c1-33-11-2-3-13-35(33)29-75(31-48(82)78-43-18-5-4-12-34(43)25-46(78)52(86)73-40(56(90)91)17-8-22-69-59(65)66)53(87)42(32-79)74-50(84)41(27-37-14-10-24-92-37)71-47(81)28-70-51(85)45-26-36(80)30-77(45)55(89)44-19-9-23-76(44)54(88)39(16-7-21-68-58(63)64)72-49(83)38(60)15-6-20-67-57(61)62/h2-3,10-11,13-14,24,34,36,38-46,79-80H,4-9,12,15-23,25-32,60H2,1H3,(H,70,85)(H,71,81)(H,72,83)(H,73,86)(H,74,84)(H,90,91)(H4,61,62,67)(H4,63,64,68)(H4,65,66,69)/t34-,36+,38+,39-,40-,41-,42-,43-,44-,45?,46-/m0/s1. The monoisotopic (exact) mass is 1310 g/mol. The van der Waals surface area contributed by atoms with E-state index in [-0.39, 0.29) is 121 Å². The number of carbonyl (C=O) groups is 10. The number of likely N-dealkylation sites (tertiary alicyclic amines) is 3. The van der Waals surface area contributed by atoms with Crippen LogP contribution in [0.5, 0.6) is 0 Å². The molecule has 3 aliphatic heterocycles. The third kappa shape index (κ3) is 20.9. The number of benzene rings is 1. The summed E-state index contributed by atoms with van der Waals surface area (Å²) in [5.74, 6) is -8.89. The van der Waals surface area contributed by atoms with Crippen LogP contribution in [-0.2, 0) is 60.9 Å². The van der Waals surface area contributed by atoms with E-state index in [9.17, 15) is 63.3 Å². The van der Waals surface area contributed by atoms with Gasteiger partial charge in [0, 0.05) is 63.0 Å². The number of carboxylic acid groups (broad SMARTS) is 1. The van der Waals surface area contributed by atoms with Gasteiger partial charge in [0.05, 0.1) is 25.3 Å². The van der Waals surface area contributed by atoms with Crippen molar-refractivity contribution >= 4 is 88.3 Å². The van der Waals surface area contributed by atoms with Gasteiger partial charge in [0.15, 0.2) is 17.9 Å². The second-order valence-corrected chi connectivity index (χ2v) is 24.8. The van der Waals surface area contributed by atoms with Crippen molar-refractivity contribution in [1.82, 2.24) is 62.1 Å². The number of aliphatic carboxylic acids is 1. The molecule has 9 amide bonds. The highest BCUT2D eigenvalue weighted by molar-refractivity contribution is 7.09. The van der Waals surface area contributed by atoms with Crippen LogP contribution in [0.4, 0.5) is 0 Å². The topological polar surface area (TPSA) is 516 Å². The Bertz CT molecular complexity index is 2960. The molecule has 1 aromatic heterocycles. The van der Waals surface area contributed by atoms with Crippen LogP contribution in [0.15, 0.2) is 41.8 Å². The van der Waals surface area contributed by atoms with Gasteiger partial charge in [0.1, 0.15) is 48.8 Å². The summed E-state index contributed by atoms with van der Waals surface area (Å²) in [5.41, 5.74) is 23.7. The lowest BCUT2D eigenvalue weighted by Gasteiger charge is -2.36. The van der Waals surface area contributed by atoms with Crippen LogP contribution < -0.4 is 65.5 Å². The number of hydrogen-bond donors (Lipinski definition) is 18. The average Bonchev–Trinajstić information content (AvgIpc) is 1.63. The van der Waals surface area contributed by atoms with E-state index in [1.807, 2.05) is 0 Å². The zero-order valence-corrected chi connectivity index (χ0v) is 52.6. The Morgan fingerprint density at radius 2 is 1.34 bits per heavy atom. The number of nitrogens with two attached hydrogens (primary N) is 4. The number of nitrogens with zero attached hydrogens (tertiary/aromatic N) is 4. The molecule has 0 spiro atoms. The van der Waals surface area contributed by atoms with Gasteiger partial charge < -0.3 is 100 Å². The molecular formula is C59H91N19O13S. The van der Waals surface area contributed by atoms with Crippen LogP contribution in [0.25, 0.3) is 0 Å². The molecule has 92 heavy (non-hydrogen) atoms. The van der Waals surface area contributed by atoms with E-state index in [0.29, 0.717) is 36.1 Å². The first-order valence-corrected chi connectivity index (χ1v) is 32.0. The second-order valence-electron chi connectivity index (χ2n) is 23.8. The molecule has 4 fully saturated rings. The summed E-state index contributed by atoms with van der Waals surface area (Å²) in [5, 5.41) is 76.6. The Labute approximate surface area is 537 Å². The van der Waals surface area contributed by atoms with Crippen LogP contribution >= 0.6 is 11.3 Å². The first kappa shape index (κ1) is 72.4. The predicted molar refractivity (Wildman–Crippen MR) is 337 cm³/mol. The number of rotatable bonds is 33. The molecule has 33 heteroatoms. The zero-order valence-electron chi connectivity index (χ0n) is 51.8. The molecule has 2 aromatic rings. The molecule has 1 saturated carbocycles. The van der Waals surface area contributed by atoms with Gasteiger partial charge in [-0.2, -0.15) is 0 Å². The van der Waals surface area contributed by atoms with Crippen LogP contribution in [0, 0.1) is 29.1 Å². The Kier molecular flexibility index (Phi) is 27.7. The number of aliphatic hydroxyl groups is 2. The van der Waals surface area contributed by atoms with Gasteiger partial charge in [-0.05, 0) is 106 Å². The third-order valence-corrected chi connectivity index (χ3v) is 17.9. The van der Waals surface area contributed by atoms with E-state index in [0.717, 1.165) is 23.3 Å². The lowest BCUT2D eigenvalue weighted by atomic mass is 9.84. The summed E-state index contributed by atoms with van der Waals surface area (Å²) in [4.78, 5) is 146. The summed E-state index contributed by atoms with van der Waals surface area (Å²) in [7, 11) is 0. The molecule has 1 aliphatic carbocycles. The van der Waals surface area contributed by atoms with Crippen molar-refractivity contribution in [2.24, 2.45) is 28.9 Å². The molecule has 4 aliphatic rings. The predicted octanol–water partition coefficient (Wildman–Crippen LogP) is -4.01. The first-order chi connectivity index (χ1) is 43.9. The number of carbonyl (C=O) groups excluding carboxylic acids is 9. The van der Waals surface area contributed by atoms with Crippen molar-refractivity contribution in [2.45, 2.75) is 170 Å². The molecule has 4 heterocycles. The van der Waals surface area contributed by atoms with Gasteiger partial charge in [-0.15, -0.1) is 11.3 Å².